The minimum absolute atomic E-state index is 0.644. The molecular weight excluding hydrogens is 386 g/mol. The van der Waals surface area contributed by atoms with Crippen molar-refractivity contribution >= 4 is 40.7 Å². The molecule has 10 heteroatoms. The lowest BCUT2D eigenvalue weighted by Gasteiger charge is -2.05. The fourth-order valence-corrected chi connectivity index (χ4v) is 4.32. The SMILES string of the molecule is CSc1nccc(-c2ccc(SNc3cccc(-c4nnn[nH]4)c3)s2)n1. The number of thiophene rings is 1. The second-order valence-electron chi connectivity index (χ2n) is 5.08. The van der Waals surface area contributed by atoms with Crippen LogP contribution >= 0.6 is 35.0 Å². The largest absolute Gasteiger partial charge is 0.325 e. The van der Waals surface area contributed by atoms with E-state index >= 15 is 0 Å². The number of nitrogens with zero attached hydrogens (tertiary/aromatic N) is 5. The summed E-state index contributed by atoms with van der Waals surface area (Å²) in [4.78, 5) is 9.88. The Labute approximate surface area is 162 Å². The molecule has 0 bridgehead atoms. The molecule has 0 saturated heterocycles. The number of anilines is 1. The maximum atomic E-state index is 4.54. The molecule has 0 amide bonds. The Hall–Kier alpha value is -2.43. The van der Waals surface area contributed by atoms with E-state index in [9.17, 15) is 0 Å². The van der Waals surface area contributed by atoms with Crippen LogP contribution < -0.4 is 4.72 Å². The van der Waals surface area contributed by atoms with Gasteiger partial charge in [0.15, 0.2) is 11.0 Å². The zero-order chi connectivity index (χ0) is 17.8. The highest BCUT2D eigenvalue weighted by Gasteiger charge is 2.07. The standard InChI is InChI=1S/C16H13N7S3/c1-24-16-17-8-7-12(18-16)13-5-6-14(25-13)26-21-11-4-2-3-10(9-11)15-19-22-23-20-15/h2-9,21H,1H3,(H,19,20,22,23). The first kappa shape index (κ1) is 17.0. The number of hydrogen-bond donors (Lipinski definition) is 2. The minimum atomic E-state index is 0.644. The molecule has 7 nitrogen and oxygen atoms in total. The van der Waals surface area contributed by atoms with Crippen LogP contribution in [0, 0.1) is 0 Å². The Morgan fingerprint density at radius 3 is 2.96 bits per heavy atom. The van der Waals surface area contributed by atoms with Crippen molar-refractivity contribution in [3.63, 3.8) is 0 Å². The van der Waals surface area contributed by atoms with E-state index in [0.29, 0.717) is 5.82 Å². The topological polar surface area (TPSA) is 92.3 Å². The molecule has 0 fully saturated rings. The van der Waals surface area contributed by atoms with Crippen LogP contribution in [0.15, 0.2) is 58.0 Å². The van der Waals surface area contributed by atoms with E-state index in [1.165, 1.54) is 0 Å². The molecule has 1 aromatic carbocycles. The fourth-order valence-electron chi connectivity index (χ4n) is 2.21. The lowest BCUT2D eigenvalue weighted by atomic mass is 10.2. The summed E-state index contributed by atoms with van der Waals surface area (Å²) in [5, 5.41) is 14.7. The third-order valence-electron chi connectivity index (χ3n) is 3.40. The number of aromatic amines is 1. The number of nitrogens with one attached hydrogen (secondary N) is 2. The van der Waals surface area contributed by atoms with Gasteiger partial charge in [-0.3, -0.25) is 0 Å². The third-order valence-corrected chi connectivity index (χ3v) is 6.04. The van der Waals surface area contributed by atoms with E-state index in [1.807, 2.05) is 36.6 Å². The summed E-state index contributed by atoms with van der Waals surface area (Å²) in [6.07, 6.45) is 3.77. The number of thioether (sulfide) groups is 1. The van der Waals surface area contributed by atoms with E-state index in [4.69, 9.17) is 0 Å². The highest BCUT2D eigenvalue weighted by molar-refractivity contribution is 8.02. The number of tetrazole rings is 1. The third kappa shape index (κ3) is 3.87. The summed E-state index contributed by atoms with van der Waals surface area (Å²) in [5.74, 6) is 0.644. The molecular formula is C16H13N7S3. The van der Waals surface area contributed by atoms with Gasteiger partial charge >= 0.3 is 0 Å². The zero-order valence-corrected chi connectivity index (χ0v) is 16.0. The van der Waals surface area contributed by atoms with Gasteiger partial charge in [-0.1, -0.05) is 23.9 Å². The van der Waals surface area contributed by atoms with Gasteiger partial charge in [-0.15, -0.1) is 16.4 Å². The fraction of sp³-hybridized carbons (Fsp3) is 0.0625. The normalized spacial score (nSPS) is 10.8. The van der Waals surface area contributed by atoms with Gasteiger partial charge in [0, 0.05) is 17.4 Å². The van der Waals surface area contributed by atoms with Crippen LogP contribution in [-0.2, 0) is 0 Å². The van der Waals surface area contributed by atoms with E-state index in [2.05, 4.69) is 47.4 Å². The Morgan fingerprint density at radius 2 is 2.12 bits per heavy atom. The summed E-state index contributed by atoms with van der Waals surface area (Å²) < 4.78 is 4.51. The van der Waals surface area contributed by atoms with Gasteiger partial charge in [-0.05, 0) is 59.0 Å². The van der Waals surface area contributed by atoms with Gasteiger partial charge in [0.05, 0.1) is 14.8 Å². The summed E-state index contributed by atoms with van der Waals surface area (Å²) in [6, 6.07) is 14.0. The van der Waals surface area contributed by atoms with Crippen molar-refractivity contribution < 1.29 is 0 Å². The lowest BCUT2D eigenvalue weighted by molar-refractivity contribution is 0.881. The average molecular weight is 400 g/mol. The zero-order valence-electron chi connectivity index (χ0n) is 13.6. The molecule has 0 unspecified atom stereocenters. The van der Waals surface area contributed by atoms with Crippen LogP contribution in [0.3, 0.4) is 0 Å². The second-order valence-corrected chi connectivity index (χ2v) is 8.05. The first-order valence-electron chi connectivity index (χ1n) is 7.56. The van der Waals surface area contributed by atoms with Crippen molar-refractivity contribution in [3.05, 3.63) is 48.7 Å². The first-order valence-corrected chi connectivity index (χ1v) is 10.4. The molecule has 0 atom stereocenters. The van der Waals surface area contributed by atoms with Crippen molar-refractivity contribution in [2.24, 2.45) is 0 Å². The molecule has 0 saturated carbocycles. The average Bonchev–Trinajstić information content (AvgIpc) is 3.39. The molecule has 4 rings (SSSR count). The van der Waals surface area contributed by atoms with Crippen molar-refractivity contribution in [1.29, 1.82) is 0 Å². The van der Waals surface area contributed by atoms with E-state index in [1.54, 1.807) is 41.2 Å². The maximum Gasteiger partial charge on any atom is 0.187 e. The number of rotatable bonds is 6. The molecule has 0 aliphatic heterocycles. The van der Waals surface area contributed by atoms with Crippen LogP contribution in [0.5, 0.6) is 0 Å². The Bertz CT molecular complexity index is 1000. The van der Waals surface area contributed by atoms with Gasteiger partial charge < -0.3 is 4.72 Å². The Kier molecular flexibility index (Phi) is 5.14. The van der Waals surface area contributed by atoms with E-state index < -0.39 is 0 Å². The van der Waals surface area contributed by atoms with Crippen LogP contribution in [0.25, 0.3) is 22.0 Å². The lowest BCUT2D eigenvalue weighted by Crippen LogP contribution is -1.87. The van der Waals surface area contributed by atoms with Crippen molar-refractivity contribution in [2.75, 3.05) is 11.0 Å². The van der Waals surface area contributed by atoms with Crippen molar-refractivity contribution in [3.8, 4) is 22.0 Å². The first-order chi connectivity index (χ1) is 12.8. The van der Waals surface area contributed by atoms with Gasteiger partial charge in [0.25, 0.3) is 0 Å². The molecule has 3 heterocycles. The van der Waals surface area contributed by atoms with E-state index in [-0.39, 0.29) is 0 Å². The van der Waals surface area contributed by atoms with Gasteiger partial charge in [0.1, 0.15) is 0 Å². The highest BCUT2D eigenvalue weighted by Crippen LogP contribution is 2.34. The number of aromatic nitrogens is 6. The summed E-state index contributed by atoms with van der Waals surface area (Å²) in [6.45, 7) is 0. The molecule has 4 aromatic rings. The van der Waals surface area contributed by atoms with Crippen molar-refractivity contribution in [1.82, 2.24) is 30.6 Å². The van der Waals surface area contributed by atoms with Gasteiger partial charge in [-0.25, -0.2) is 15.1 Å². The second kappa shape index (κ2) is 7.85. The molecule has 3 aromatic heterocycles. The molecule has 0 radical (unpaired) electrons. The summed E-state index contributed by atoms with van der Waals surface area (Å²) >= 11 is 4.79. The van der Waals surface area contributed by atoms with Crippen molar-refractivity contribution in [2.45, 2.75) is 9.37 Å². The van der Waals surface area contributed by atoms with Gasteiger partial charge in [-0.2, -0.15) is 0 Å². The van der Waals surface area contributed by atoms with E-state index in [0.717, 1.165) is 31.2 Å². The quantitative estimate of drug-likeness (QED) is 0.283. The summed E-state index contributed by atoms with van der Waals surface area (Å²) in [7, 11) is 0. The predicted molar refractivity (Wildman–Crippen MR) is 106 cm³/mol. The highest BCUT2D eigenvalue weighted by atomic mass is 32.2. The van der Waals surface area contributed by atoms with Gasteiger partial charge in [0.2, 0.25) is 0 Å². The molecule has 2 N–H and O–H groups in total. The van der Waals surface area contributed by atoms with Crippen LogP contribution in [0.1, 0.15) is 0 Å². The van der Waals surface area contributed by atoms with Crippen LogP contribution in [0.2, 0.25) is 0 Å². The maximum absolute atomic E-state index is 4.54. The van der Waals surface area contributed by atoms with Crippen LogP contribution in [0.4, 0.5) is 5.69 Å². The Morgan fingerprint density at radius 1 is 1.15 bits per heavy atom. The molecule has 0 aliphatic rings. The molecule has 130 valence electrons. The molecule has 0 spiro atoms. The summed E-state index contributed by atoms with van der Waals surface area (Å²) in [5.41, 5.74) is 2.85. The smallest absolute Gasteiger partial charge is 0.187 e. The molecule has 26 heavy (non-hydrogen) atoms. The number of hydrogen-bond acceptors (Lipinski definition) is 9. The molecule has 0 aliphatic carbocycles. The van der Waals surface area contributed by atoms with Crippen LogP contribution in [-0.4, -0.2) is 36.8 Å². The Balaban J connectivity index is 1.46. The number of H-pyrrole nitrogens is 1. The predicted octanol–water partition coefficient (Wildman–Crippen LogP) is 4.23. The minimum Gasteiger partial charge on any atom is -0.325 e. The monoisotopic (exact) mass is 399 g/mol. The number of benzene rings is 1.